The topological polar surface area (TPSA) is 58.4 Å². The molecule has 0 aromatic heterocycles. The van der Waals surface area contributed by atoms with Gasteiger partial charge < -0.3 is 16.0 Å². The van der Waals surface area contributed by atoms with E-state index in [0.717, 1.165) is 26.1 Å². The van der Waals surface area contributed by atoms with Crippen LogP contribution >= 0.6 is 0 Å². The largest absolute Gasteiger partial charge is 0.354 e. The predicted octanol–water partition coefficient (Wildman–Crippen LogP) is 0.572. The monoisotopic (exact) mass is 215 g/mol. The van der Waals surface area contributed by atoms with E-state index in [0.29, 0.717) is 13.0 Å². The van der Waals surface area contributed by atoms with Gasteiger partial charge in [0.15, 0.2) is 0 Å². The molecule has 0 radical (unpaired) electrons. The second-order valence-corrected chi connectivity index (χ2v) is 4.10. The van der Waals surface area contributed by atoms with Crippen molar-refractivity contribution >= 4 is 5.91 Å². The molecule has 90 valence electrons. The van der Waals surface area contributed by atoms with Crippen LogP contribution < -0.4 is 11.1 Å². The Morgan fingerprint density at radius 3 is 2.47 bits per heavy atom. The van der Waals surface area contributed by atoms with Gasteiger partial charge in [-0.3, -0.25) is 4.79 Å². The van der Waals surface area contributed by atoms with E-state index in [1.54, 1.807) is 0 Å². The summed E-state index contributed by atoms with van der Waals surface area (Å²) in [6.07, 6.45) is 1.67. The van der Waals surface area contributed by atoms with Crippen molar-refractivity contribution in [1.29, 1.82) is 0 Å². The first-order chi connectivity index (χ1) is 7.10. The van der Waals surface area contributed by atoms with Crippen molar-refractivity contribution in [3.05, 3.63) is 0 Å². The number of hydrogen-bond acceptors (Lipinski definition) is 3. The van der Waals surface area contributed by atoms with E-state index in [1.807, 2.05) is 13.8 Å². The van der Waals surface area contributed by atoms with Gasteiger partial charge in [0.25, 0.3) is 0 Å². The summed E-state index contributed by atoms with van der Waals surface area (Å²) in [6, 6.07) is 0.228. The minimum absolute atomic E-state index is 0.128. The van der Waals surface area contributed by atoms with Crippen LogP contribution in [-0.2, 0) is 4.79 Å². The fourth-order valence-electron chi connectivity index (χ4n) is 1.49. The molecule has 0 saturated carbocycles. The van der Waals surface area contributed by atoms with Gasteiger partial charge in [0, 0.05) is 32.1 Å². The molecule has 15 heavy (non-hydrogen) atoms. The summed E-state index contributed by atoms with van der Waals surface area (Å²) in [7, 11) is 0. The Balaban J connectivity index is 3.72. The van der Waals surface area contributed by atoms with Crippen LogP contribution in [0.25, 0.3) is 0 Å². The summed E-state index contributed by atoms with van der Waals surface area (Å²) in [6.45, 7) is 9.45. The molecule has 3 N–H and O–H groups in total. The molecule has 0 unspecified atom stereocenters. The number of carbonyl (C=O) groups is 1. The Kier molecular flexibility index (Phi) is 8.33. The average molecular weight is 215 g/mol. The molecule has 1 amide bonds. The molecule has 4 nitrogen and oxygen atoms in total. The molecule has 0 saturated heterocycles. The summed E-state index contributed by atoms with van der Waals surface area (Å²) < 4.78 is 0. The van der Waals surface area contributed by atoms with Crippen molar-refractivity contribution in [3.63, 3.8) is 0 Å². The number of nitrogens with two attached hydrogens (primary N) is 1. The number of carbonyl (C=O) groups excluding carboxylic acids is 1. The highest BCUT2D eigenvalue weighted by Crippen LogP contribution is 1.94. The smallest absolute Gasteiger partial charge is 0.221 e. The fourth-order valence-corrected chi connectivity index (χ4v) is 1.49. The maximum Gasteiger partial charge on any atom is 0.221 e. The van der Waals surface area contributed by atoms with Gasteiger partial charge in [-0.05, 0) is 26.8 Å². The summed E-state index contributed by atoms with van der Waals surface area (Å²) in [4.78, 5) is 13.6. The van der Waals surface area contributed by atoms with E-state index < -0.39 is 0 Å². The van der Waals surface area contributed by atoms with Crippen LogP contribution in [0, 0.1) is 0 Å². The molecule has 0 aromatic carbocycles. The van der Waals surface area contributed by atoms with Crippen molar-refractivity contribution in [2.45, 2.75) is 39.7 Å². The minimum atomic E-state index is 0.128. The Morgan fingerprint density at radius 1 is 1.33 bits per heavy atom. The first-order valence-corrected chi connectivity index (χ1v) is 5.82. The van der Waals surface area contributed by atoms with E-state index in [1.165, 1.54) is 0 Å². The van der Waals surface area contributed by atoms with Crippen molar-refractivity contribution in [2.75, 3.05) is 26.2 Å². The van der Waals surface area contributed by atoms with Crippen LogP contribution in [0.4, 0.5) is 0 Å². The highest BCUT2D eigenvalue weighted by atomic mass is 16.1. The van der Waals surface area contributed by atoms with Crippen molar-refractivity contribution in [2.24, 2.45) is 5.73 Å². The van der Waals surface area contributed by atoms with Gasteiger partial charge in [-0.2, -0.15) is 0 Å². The van der Waals surface area contributed by atoms with Crippen LogP contribution in [0.5, 0.6) is 0 Å². The molecule has 0 atom stereocenters. The molecule has 0 aromatic rings. The Morgan fingerprint density at radius 2 is 2.00 bits per heavy atom. The van der Waals surface area contributed by atoms with Crippen LogP contribution in [0.3, 0.4) is 0 Å². The predicted molar refractivity (Wildman–Crippen MR) is 63.7 cm³/mol. The molecule has 0 heterocycles. The number of nitrogens with one attached hydrogen (secondary N) is 1. The van der Waals surface area contributed by atoms with Crippen molar-refractivity contribution in [3.8, 4) is 0 Å². The molecule has 4 heteroatoms. The minimum Gasteiger partial charge on any atom is -0.354 e. The molecule has 0 spiro atoms. The van der Waals surface area contributed by atoms with Gasteiger partial charge in [-0.25, -0.2) is 0 Å². The first-order valence-electron chi connectivity index (χ1n) is 5.82. The Hall–Kier alpha value is -0.610. The normalized spacial score (nSPS) is 11.1. The van der Waals surface area contributed by atoms with Gasteiger partial charge in [0.1, 0.15) is 0 Å². The van der Waals surface area contributed by atoms with Gasteiger partial charge in [0.2, 0.25) is 5.91 Å². The van der Waals surface area contributed by atoms with Gasteiger partial charge in [-0.1, -0.05) is 6.92 Å². The quantitative estimate of drug-likeness (QED) is 0.622. The number of rotatable bonds is 8. The Labute approximate surface area is 93.2 Å². The lowest BCUT2D eigenvalue weighted by Gasteiger charge is -2.20. The van der Waals surface area contributed by atoms with E-state index in [2.05, 4.69) is 17.1 Å². The second kappa shape index (κ2) is 8.68. The highest BCUT2D eigenvalue weighted by Gasteiger charge is 2.07. The number of hydrogen-bond donors (Lipinski definition) is 2. The Bertz CT molecular complexity index is 165. The summed E-state index contributed by atoms with van der Waals surface area (Å²) in [5, 5.41) is 2.89. The lowest BCUT2D eigenvalue weighted by Crippen LogP contribution is -2.36. The SMILES string of the molecule is CCCN(CCN)CCC(=O)NC(C)C. The molecule has 0 aliphatic heterocycles. The van der Waals surface area contributed by atoms with E-state index in [9.17, 15) is 4.79 Å². The van der Waals surface area contributed by atoms with Crippen LogP contribution in [-0.4, -0.2) is 43.0 Å². The zero-order chi connectivity index (χ0) is 11.7. The lowest BCUT2D eigenvalue weighted by molar-refractivity contribution is -0.121. The van der Waals surface area contributed by atoms with E-state index >= 15 is 0 Å². The molecular formula is C11H25N3O. The average Bonchev–Trinajstić information content (AvgIpc) is 2.14. The number of amides is 1. The molecule has 0 fully saturated rings. The second-order valence-electron chi connectivity index (χ2n) is 4.10. The molecule has 0 aliphatic rings. The van der Waals surface area contributed by atoms with Gasteiger partial charge >= 0.3 is 0 Å². The summed E-state index contributed by atoms with van der Waals surface area (Å²) >= 11 is 0. The third-order valence-electron chi connectivity index (χ3n) is 2.09. The zero-order valence-electron chi connectivity index (χ0n) is 10.3. The third kappa shape index (κ3) is 8.39. The lowest BCUT2D eigenvalue weighted by atomic mass is 10.3. The van der Waals surface area contributed by atoms with Crippen molar-refractivity contribution in [1.82, 2.24) is 10.2 Å². The molecular weight excluding hydrogens is 190 g/mol. The van der Waals surface area contributed by atoms with Gasteiger partial charge in [-0.15, -0.1) is 0 Å². The summed E-state index contributed by atoms with van der Waals surface area (Å²) in [5.41, 5.74) is 5.50. The standard InChI is InChI=1S/C11H25N3O/c1-4-7-14(9-6-12)8-5-11(15)13-10(2)3/h10H,4-9,12H2,1-3H3,(H,13,15). The molecule has 0 bridgehead atoms. The zero-order valence-corrected chi connectivity index (χ0v) is 10.3. The van der Waals surface area contributed by atoms with E-state index in [-0.39, 0.29) is 11.9 Å². The maximum atomic E-state index is 11.4. The third-order valence-corrected chi connectivity index (χ3v) is 2.09. The van der Waals surface area contributed by atoms with Gasteiger partial charge in [0.05, 0.1) is 0 Å². The first kappa shape index (κ1) is 14.4. The molecule has 0 rings (SSSR count). The summed E-state index contributed by atoms with van der Waals surface area (Å²) in [5.74, 6) is 0.128. The van der Waals surface area contributed by atoms with Crippen LogP contribution in [0.15, 0.2) is 0 Å². The number of nitrogens with zero attached hydrogens (tertiary/aromatic N) is 1. The fraction of sp³-hybridized carbons (Fsp3) is 0.909. The maximum absolute atomic E-state index is 11.4. The van der Waals surface area contributed by atoms with E-state index in [4.69, 9.17) is 5.73 Å². The molecule has 0 aliphatic carbocycles. The van der Waals surface area contributed by atoms with Crippen LogP contribution in [0.2, 0.25) is 0 Å². The van der Waals surface area contributed by atoms with Crippen molar-refractivity contribution < 1.29 is 4.79 Å². The highest BCUT2D eigenvalue weighted by molar-refractivity contribution is 5.76. The van der Waals surface area contributed by atoms with Crippen LogP contribution in [0.1, 0.15) is 33.6 Å².